The molecule has 0 bridgehead atoms. The Morgan fingerprint density at radius 2 is 1.64 bits per heavy atom. The van der Waals surface area contributed by atoms with Crippen molar-refractivity contribution in [2.45, 2.75) is 20.5 Å². The summed E-state index contributed by atoms with van der Waals surface area (Å²) in [5, 5.41) is 4.41. The van der Waals surface area contributed by atoms with Crippen molar-refractivity contribution in [3.8, 4) is 5.75 Å². The molecule has 0 amide bonds. The third kappa shape index (κ3) is 4.78. The summed E-state index contributed by atoms with van der Waals surface area (Å²) in [6.45, 7) is 3.65. The molecule has 0 unspecified atom stereocenters. The molecule has 7 heteroatoms. The van der Waals surface area contributed by atoms with Crippen LogP contribution in [0.3, 0.4) is 0 Å². The van der Waals surface area contributed by atoms with Gasteiger partial charge in [-0.2, -0.15) is 0 Å². The molecule has 1 heterocycles. The fourth-order valence-corrected chi connectivity index (χ4v) is 2.61. The largest absolute Gasteiger partial charge is 0.489 e. The number of Topliss-reactive ketones (excluding diaryl/α,β-unsaturated/α-hetero) is 1. The zero-order valence-corrected chi connectivity index (χ0v) is 16.2. The zero-order valence-electron chi connectivity index (χ0n) is 15.4. The van der Waals surface area contributed by atoms with Crippen LogP contribution in [-0.4, -0.2) is 23.5 Å². The van der Waals surface area contributed by atoms with Gasteiger partial charge in [0.2, 0.25) is 0 Å². The highest BCUT2D eigenvalue weighted by Crippen LogP contribution is 2.18. The molecule has 3 aromatic rings. The van der Waals surface area contributed by atoms with Crippen molar-refractivity contribution in [2.75, 3.05) is 6.61 Å². The smallest absolute Gasteiger partial charge is 0.338 e. The highest BCUT2D eigenvalue weighted by atomic mass is 35.5. The molecule has 0 aliphatic rings. The Morgan fingerprint density at radius 1 is 1.00 bits per heavy atom. The Morgan fingerprint density at radius 3 is 2.25 bits per heavy atom. The van der Waals surface area contributed by atoms with Gasteiger partial charge in [-0.3, -0.25) is 4.79 Å². The number of esters is 1. The maximum atomic E-state index is 12.1. The second kappa shape index (κ2) is 8.71. The third-order valence-corrected chi connectivity index (χ3v) is 4.41. The lowest BCUT2D eigenvalue weighted by Crippen LogP contribution is -2.14. The van der Waals surface area contributed by atoms with E-state index in [9.17, 15) is 9.59 Å². The Kier molecular flexibility index (Phi) is 6.11. The van der Waals surface area contributed by atoms with Crippen molar-refractivity contribution in [1.29, 1.82) is 0 Å². The van der Waals surface area contributed by atoms with E-state index in [1.165, 1.54) is 0 Å². The summed E-state index contributed by atoms with van der Waals surface area (Å²) in [6, 6.07) is 12.9. The molecule has 144 valence electrons. The summed E-state index contributed by atoms with van der Waals surface area (Å²) in [6.07, 6.45) is 0. The Labute approximate surface area is 167 Å². The van der Waals surface area contributed by atoms with Crippen molar-refractivity contribution in [2.24, 2.45) is 0 Å². The Bertz CT molecular complexity index is 958. The predicted molar refractivity (Wildman–Crippen MR) is 103 cm³/mol. The molecule has 0 aliphatic carbocycles. The molecular weight excluding hydrogens is 382 g/mol. The fourth-order valence-electron chi connectivity index (χ4n) is 2.48. The molecule has 1 aromatic heterocycles. The van der Waals surface area contributed by atoms with Gasteiger partial charge in [-0.1, -0.05) is 16.8 Å². The Balaban J connectivity index is 1.53. The van der Waals surface area contributed by atoms with Crippen molar-refractivity contribution in [1.82, 2.24) is 5.16 Å². The molecular formula is C21H18ClNO5. The average Bonchev–Trinajstić information content (AvgIpc) is 3.02. The van der Waals surface area contributed by atoms with Crippen LogP contribution in [0.4, 0.5) is 0 Å². The zero-order chi connectivity index (χ0) is 20.1. The molecule has 0 saturated carbocycles. The van der Waals surface area contributed by atoms with Gasteiger partial charge in [0.15, 0.2) is 12.4 Å². The number of rotatable bonds is 7. The van der Waals surface area contributed by atoms with Crippen LogP contribution < -0.4 is 4.74 Å². The first-order chi connectivity index (χ1) is 13.4. The highest BCUT2D eigenvalue weighted by Gasteiger charge is 2.13. The van der Waals surface area contributed by atoms with E-state index in [0.717, 1.165) is 11.3 Å². The number of nitrogens with zero attached hydrogens (tertiary/aromatic N) is 1. The summed E-state index contributed by atoms with van der Waals surface area (Å²) >= 11 is 5.79. The van der Waals surface area contributed by atoms with Gasteiger partial charge >= 0.3 is 5.97 Å². The van der Waals surface area contributed by atoms with Crippen LogP contribution in [0.2, 0.25) is 5.02 Å². The van der Waals surface area contributed by atoms with Crippen LogP contribution in [0.5, 0.6) is 5.75 Å². The van der Waals surface area contributed by atoms with Crippen LogP contribution in [0.1, 0.15) is 37.7 Å². The second-order valence-corrected chi connectivity index (χ2v) is 6.56. The number of halogens is 1. The summed E-state index contributed by atoms with van der Waals surface area (Å²) in [4.78, 5) is 24.2. The molecule has 0 atom stereocenters. The van der Waals surface area contributed by atoms with Crippen LogP contribution in [0.25, 0.3) is 0 Å². The second-order valence-electron chi connectivity index (χ2n) is 6.12. The minimum atomic E-state index is -0.584. The summed E-state index contributed by atoms with van der Waals surface area (Å²) in [5.41, 5.74) is 2.43. The number of ketones is 1. The van der Waals surface area contributed by atoms with Gasteiger partial charge < -0.3 is 14.0 Å². The first-order valence-corrected chi connectivity index (χ1v) is 8.92. The lowest BCUT2D eigenvalue weighted by Gasteiger charge is -2.07. The number of benzene rings is 2. The number of carbonyl (C=O) groups excluding carboxylic acids is 2. The number of aryl methyl sites for hydroxylation is 2. The molecule has 0 radical (unpaired) electrons. The lowest BCUT2D eigenvalue weighted by molar-refractivity contribution is 0.0474. The quantitative estimate of drug-likeness (QED) is 0.428. The minimum absolute atomic E-state index is 0.301. The number of carbonyl (C=O) groups is 2. The van der Waals surface area contributed by atoms with Crippen molar-refractivity contribution in [3.05, 3.63) is 81.7 Å². The van der Waals surface area contributed by atoms with E-state index in [4.69, 9.17) is 25.6 Å². The van der Waals surface area contributed by atoms with Crippen molar-refractivity contribution in [3.63, 3.8) is 0 Å². The van der Waals surface area contributed by atoms with Gasteiger partial charge in [-0.05, 0) is 62.4 Å². The maximum Gasteiger partial charge on any atom is 0.338 e. The van der Waals surface area contributed by atoms with E-state index in [2.05, 4.69) is 5.16 Å². The number of aromatic nitrogens is 1. The topological polar surface area (TPSA) is 78.6 Å². The standard InChI is InChI=1S/C21H18ClNO5/c1-13-19(14(2)28-23-13)11-26-18-9-5-16(6-10-18)21(25)27-12-20(24)15-3-7-17(22)8-4-15/h3-10H,11-12H2,1-2H3. The van der Waals surface area contributed by atoms with Crippen molar-refractivity contribution < 1.29 is 23.6 Å². The molecule has 0 N–H and O–H groups in total. The molecule has 3 rings (SSSR count). The summed E-state index contributed by atoms with van der Waals surface area (Å²) < 4.78 is 15.9. The fraction of sp³-hybridized carbons (Fsp3) is 0.190. The first kappa shape index (κ1) is 19.6. The predicted octanol–water partition coefficient (Wildman–Crippen LogP) is 4.56. The van der Waals surface area contributed by atoms with E-state index >= 15 is 0 Å². The highest BCUT2D eigenvalue weighted by molar-refractivity contribution is 6.30. The SMILES string of the molecule is Cc1noc(C)c1COc1ccc(C(=O)OCC(=O)c2ccc(Cl)cc2)cc1. The van der Waals surface area contributed by atoms with Gasteiger partial charge in [0.25, 0.3) is 0 Å². The molecule has 6 nitrogen and oxygen atoms in total. The molecule has 0 saturated heterocycles. The maximum absolute atomic E-state index is 12.1. The van der Waals surface area contributed by atoms with Gasteiger partial charge in [-0.25, -0.2) is 4.79 Å². The van der Waals surface area contributed by atoms with Crippen molar-refractivity contribution >= 4 is 23.4 Å². The van der Waals surface area contributed by atoms with Crippen LogP contribution in [-0.2, 0) is 11.3 Å². The van der Waals surface area contributed by atoms with E-state index in [1.54, 1.807) is 48.5 Å². The molecule has 0 aliphatic heterocycles. The third-order valence-electron chi connectivity index (χ3n) is 4.15. The van der Waals surface area contributed by atoms with E-state index in [1.807, 2.05) is 13.8 Å². The van der Waals surface area contributed by atoms with Crippen LogP contribution >= 0.6 is 11.6 Å². The van der Waals surface area contributed by atoms with E-state index in [-0.39, 0.29) is 12.4 Å². The lowest BCUT2D eigenvalue weighted by atomic mass is 10.1. The monoisotopic (exact) mass is 399 g/mol. The molecule has 2 aromatic carbocycles. The van der Waals surface area contributed by atoms with Gasteiger partial charge in [0, 0.05) is 10.6 Å². The normalized spacial score (nSPS) is 10.5. The van der Waals surface area contributed by atoms with Gasteiger partial charge in [0.05, 0.1) is 16.8 Å². The van der Waals surface area contributed by atoms with E-state index in [0.29, 0.717) is 34.3 Å². The van der Waals surface area contributed by atoms with Crippen LogP contribution in [0, 0.1) is 13.8 Å². The average molecular weight is 400 g/mol. The number of ether oxygens (including phenoxy) is 2. The molecule has 0 fully saturated rings. The van der Waals surface area contributed by atoms with E-state index < -0.39 is 5.97 Å². The molecule has 0 spiro atoms. The molecule has 28 heavy (non-hydrogen) atoms. The summed E-state index contributed by atoms with van der Waals surface area (Å²) in [5.74, 6) is 0.417. The Hall–Kier alpha value is -3.12. The number of hydrogen-bond acceptors (Lipinski definition) is 6. The number of hydrogen-bond donors (Lipinski definition) is 0. The van der Waals surface area contributed by atoms with Gasteiger partial charge in [-0.15, -0.1) is 0 Å². The summed E-state index contributed by atoms with van der Waals surface area (Å²) in [7, 11) is 0. The van der Waals surface area contributed by atoms with Gasteiger partial charge in [0.1, 0.15) is 18.1 Å². The first-order valence-electron chi connectivity index (χ1n) is 8.54. The van der Waals surface area contributed by atoms with Crippen LogP contribution in [0.15, 0.2) is 53.1 Å². The minimum Gasteiger partial charge on any atom is -0.489 e.